The molecule has 112 valence electrons. The van der Waals surface area contributed by atoms with E-state index in [-0.39, 0.29) is 17.5 Å². The number of carbonyl (C=O) groups is 2. The number of hydrogen-bond acceptors (Lipinski definition) is 4. The number of amides is 1. The molecule has 1 amide bonds. The number of nitrogens with one attached hydrogen (secondary N) is 3. The van der Waals surface area contributed by atoms with E-state index in [0.29, 0.717) is 12.2 Å². The van der Waals surface area contributed by atoms with Crippen LogP contribution in [0, 0.1) is 0 Å². The van der Waals surface area contributed by atoms with Gasteiger partial charge in [-0.25, -0.2) is 4.79 Å². The molecule has 6 heteroatoms. The normalized spacial score (nSPS) is 12.8. The third-order valence-electron chi connectivity index (χ3n) is 2.64. The standard InChI is InChI=1S/C14H23N3O3/c1-9(12(18)17-14(2,3)4)15-8-10-6-7-11(16-10)13(19)20-5/h6-7,9,15-16H,8H2,1-5H3,(H,17,18). The molecule has 1 heterocycles. The smallest absolute Gasteiger partial charge is 0.354 e. The van der Waals surface area contributed by atoms with Gasteiger partial charge in [0.25, 0.3) is 0 Å². The van der Waals surface area contributed by atoms with Crippen molar-refractivity contribution in [3.05, 3.63) is 23.5 Å². The summed E-state index contributed by atoms with van der Waals surface area (Å²) >= 11 is 0. The third kappa shape index (κ3) is 5.05. The Morgan fingerprint density at radius 3 is 2.55 bits per heavy atom. The van der Waals surface area contributed by atoms with Crippen LogP contribution >= 0.6 is 0 Å². The van der Waals surface area contributed by atoms with Crippen LogP contribution in [0.25, 0.3) is 0 Å². The fourth-order valence-corrected chi connectivity index (χ4v) is 1.61. The van der Waals surface area contributed by atoms with E-state index >= 15 is 0 Å². The lowest BCUT2D eigenvalue weighted by atomic mass is 10.1. The zero-order chi connectivity index (χ0) is 15.3. The predicted octanol–water partition coefficient (Wildman–Crippen LogP) is 1.19. The van der Waals surface area contributed by atoms with E-state index < -0.39 is 5.97 Å². The van der Waals surface area contributed by atoms with Gasteiger partial charge in [-0.1, -0.05) is 0 Å². The number of hydrogen-bond donors (Lipinski definition) is 3. The van der Waals surface area contributed by atoms with Gasteiger partial charge >= 0.3 is 5.97 Å². The highest BCUT2D eigenvalue weighted by Gasteiger charge is 2.19. The van der Waals surface area contributed by atoms with Gasteiger partial charge in [0.1, 0.15) is 5.69 Å². The summed E-state index contributed by atoms with van der Waals surface area (Å²) < 4.78 is 4.61. The topological polar surface area (TPSA) is 83.2 Å². The van der Waals surface area contributed by atoms with Gasteiger partial charge in [-0.15, -0.1) is 0 Å². The molecule has 3 N–H and O–H groups in total. The molecule has 0 spiro atoms. The van der Waals surface area contributed by atoms with Gasteiger partial charge < -0.3 is 20.4 Å². The van der Waals surface area contributed by atoms with E-state index in [1.807, 2.05) is 20.8 Å². The van der Waals surface area contributed by atoms with Crippen molar-refractivity contribution >= 4 is 11.9 Å². The van der Waals surface area contributed by atoms with Crippen LogP contribution in [0.1, 0.15) is 43.9 Å². The Bertz CT molecular complexity index is 474. The van der Waals surface area contributed by atoms with Crippen molar-refractivity contribution in [2.24, 2.45) is 0 Å². The van der Waals surface area contributed by atoms with E-state index in [4.69, 9.17) is 0 Å². The molecule has 0 aromatic carbocycles. The second-order valence-corrected chi connectivity index (χ2v) is 5.73. The number of esters is 1. The minimum absolute atomic E-state index is 0.0581. The number of rotatable bonds is 5. The van der Waals surface area contributed by atoms with Crippen molar-refractivity contribution in [1.82, 2.24) is 15.6 Å². The monoisotopic (exact) mass is 281 g/mol. The molecule has 1 unspecified atom stereocenters. The van der Waals surface area contributed by atoms with E-state index in [2.05, 4.69) is 20.4 Å². The minimum Gasteiger partial charge on any atom is -0.464 e. The highest BCUT2D eigenvalue weighted by molar-refractivity contribution is 5.87. The van der Waals surface area contributed by atoms with Crippen molar-refractivity contribution in [3.8, 4) is 0 Å². The Kier molecular flexibility index (Phi) is 5.33. The van der Waals surface area contributed by atoms with Crippen LogP contribution in [0.5, 0.6) is 0 Å². The Hall–Kier alpha value is -1.82. The maximum Gasteiger partial charge on any atom is 0.354 e. The summed E-state index contributed by atoms with van der Waals surface area (Å²) in [4.78, 5) is 26.1. The van der Waals surface area contributed by atoms with Crippen LogP contribution in [0.3, 0.4) is 0 Å². The van der Waals surface area contributed by atoms with E-state index in [1.165, 1.54) is 7.11 Å². The molecule has 6 nitrogen and oxygen atoms in total. The van der Waals surface area contributed by atoms with Crippen LogP contribution in [0.2, 0.25) is 0 Å². The molecule has 0 aliphatic carbocycles. The summed E-state index contributed by atoms with van der Waals surface area (Å²) in [6.07, 6.45) is 0. The SMILES string of the molecule is COC(=O)c1ccc(CNC(C)C(=O)NC(C)(C)C)[nH]1. The summed E-state index contributed by atoms with van der Waals surface area (Å²) in [5, 5.41) is 6.00. The quantitative estimate of drug-likeness (QED) is 0.708. The van der Waals surface area contributed by atoms with Crippen molar-refractivity contribution in [1.29, 1.82) is 0 Å². The molecule has 0 radical (unpaired) electrons. The first-order chi connectivity index (χ1) is 9.23. The summed E-state index contributed by atoms with van der Waals surface area (Å²) in [5.41, 5.74) is 0.967. The summed E-state index contributed by atoms with van der Waals surface area (Å²) in [5.74, 6) is -0.466. The molecule has 0 saturated carbocycles. The van der Waals surface area contributed by atoms with E-state index in [9.17, 15) is 9.59 Å². The lowest BCUT2D eigenvalue weighted by Crippen LogP contribution is -2.49. The zero-order valence-corrected chi connectivity index (χ0v) is 12.7. The van der Waals surface area contributed by atoms with Crippen LogP contribution < -0.4 is 10.6 Å². The van der Waals surface area contributed by atoms with Crippen molar-refractivity contribution in [2.75, 3.05) is 7.11 Å². The predicted molar refractivity (Wildman–Crippen MR) is 76.3 cm³/mol. The summed E-state index contributed by atoms with van der Waals surface area (Å²) in [6, 6.07) is 3.12. The largest absolute Gasteiger partial charge is 0.464 e. The average molecular weight is 281 g/mol. The molecule has 1 aromatic heterocycles. The Labute approximate surface area is 119 Å². The lowest BCUT2D eigenvalue weighted by molar-refractivity contribution is -0.124. The molecule has 0 fully saturated rings. The van der Waals surface area contributed by atoms with Gasteiger partial charge in [-0.05, 0) is 39.8 Å². The zero-order valence-electron chi connectivity index (χ0n) is 12.7. The van der Waals surface area contributed by atoms with E-state index in [1.54, 1.807) is 19.1 Å². The Balaban J connectivity index is 2.48. The molecular formula is C14H23N3O3. The maximum atomic E-state index is 11.9. The molecule has 0 aliphatic heterocycles. The molecule has 1 aromatic rings. The van der Waals surface area contributed by atoms with Crippen LogP contribution in [0.4, 0.5) is 0 Å². The van der Waals surface area contributed by atoms with Gasteiger partial charge in [0.2, 0.25) is 5.91 Å². The number of methoxy groups -OCH3 is 1. The molecule has 20 heavy (non-hydrogen) atoms. The van der Waals surface area contributed by atoms with Crippen molar-refractivity contribution in [3.63, 3.8) is 0 Å². The third-order valence-corrected chi connectivity index (χ3v) is 2.64. The number of carbonyl (C=O) groups excluding carboxylic acids is 2. The Morgan fingerprint density at radius 2 is 2.00 bits per heavy atom. The van der Waals surface area contributed by atoms with Crippen molar-refractivity contribution < 1.29 is 14.3 Å². The first-order valence-corrected chi connectivity index (χ1v) is 6.54. The van der Waals surface area contributed by atoms with Crippen molar-refractivity contribution in [2.45, 2.75) is 45.8 Å². The molecule has 0 bridgehead atoms. The number of ether oxygens (including phenoxy) is 1. The second-order valence-electron chi connectivity index (χ2n) is 5.73. The maximum absolute atomic E-state index is 11.9. The Morgan fingerprint density at radius 1 is 1.35 bits per heavy atom. The summed E-state index contributed by atoms with van der Waals surface area (Å²) in [6.45, 7) is 8.07. The average Bonchev–Trinajstić information content (AvgIpc) is 2.81. The molecule has 1 atom stereocenters. The first kappa shape index (κ1) is 16.2. The minimum atomic E-state index is -0.408. The lowest BCUT2D eigenvalue weighted by Gasteiger charge is -2.23. The van der Waals surface area contributed by atoms with Crippen LogP contribution in [0.15, 0.2) is 12.1 Å². The van der Waals surface area contributed by atoms with Gasteiger partial charge in [0.05, 0.1) is 13.2 Å². The fraction of sp³-hybridized carbons (Fsp3) is 0.571. The second kappa shape index (κ2) is 6.56. The number of aromatic nitrogens is 1. The van der Waals surface area contributed by atoms with Gasteiger partial charge in [0, 0.05) is 17.8 Å². The number of H-pyrrole nitrogens is 1. The molecule has 1 rings (SSSR count). The first-order valence-electron chi connectivity index (χ1n) is 6.54. The molecular weight excluding hydrogens is 258 g/mol. The highest BCUT2D eigenvalue weighted by atomic mass is 16.5. The fourth-order valence-electron chi connectivity index (χ4n) is 1.61. The highest BCUT2D eigenvalue weighted by Crippen LogP contribution is 2.04. The molecule has 0 saturated heterocycles. The van der Waals surface area contributed by atoms with Gasteiger partial charge in [-0.3, -0.25) is 4.79 Å². The number of aromatic amines is 1. The van der Waals surface area contributed by atoms with Crippen LogP contribution in [-0.2, 0) is 16.1 Å². The summed E-state index contributed by atoms with van der Waals surface area (Å²) in [7, 11) is 1.33. The van der Waals surface area contributed by atoms with Gasteiger partial charge in [-0.2, -0.15) is 0 Å². The molecule has 0 aliphatic rings. The van der Waals surface area contributed by atoms with Gasteiger partial charge in [0.15, 0.2) is 0 Å². The van der Waals surface area contributed by atoms with E-state index in [0.717, 1.165) is 5.69 Å². The van der Waals surface area contributed by atoms with Crippen LogP contribution in [-0.4, -0.2) is 35.6 Å².